The second-order valence-electron chi connectivity index (χ2n) is 5.69. The fourth-order valence-electron chi connectivity index (χ4n) is 2.68. The molecular formula is C16H25NO. The minimum absolute atomic E-state index is 0.144. The summed E-state index contributed by atoms with van der Waals surface area (Å²) in [5, 5.41) is 3.66. The molecule has 0 fully saturated rings. The lowest BCUT2D eigenvalue weighted by Gasteiger charge is -2.27. The van der Waals surface area contributed by atoms with Gasteiger partial charge in [0.25, 0.3) is 0 Å². The molecule has 0 bridgehead atoms. The molecule has 0 saturated heterocycles. The molecule has 1 aliphatic heterocycles. The van der Waals surface area contributed by atoms with Crippen LogP contribution >= 0.6 is 0 Å². The predicted molar refractivity (Wildman–Crippen MR) is 76.0 cm³/mol. The Kier molecular flexibility index (Phi) is 4.28. The van der Waals surface area contributed by atoms with E-state index in [1.807, 2.05) is 6.07 Å². The van der Waals surface area contributed by atoms with E-state index in [9.17, 15) is 0 Å². The van der Waals surface area contributed by atoms with E-state index in [2.05, 4.69) is 44.3 Å². The highest BCUT2D eigenvalue weighted by molar-refractivity contribution is 5.42. The number of para-hydroxylation sites is 1. The van der Waals surface area contributed by atoms with Gasteiger partial charge in [-0.05, 0) is 32.9 Å². The maximum atomic E-state index is 6.02. The van der Waals surface area contributed by atoms with Crippen molar-refractivity contribution in [3.8, 4) is 5.75 Å². The average molecular weight is 247 g/mol. The minimum atomic E-state index is -0.144. The van der Waals surface area contributed by atoms with E-state index in [-0.39, 0.29) is 5.60 Å². The topological polar surface area (TPSA) is 21.3 Å². The summed E-state index contributed by atoms with van der Waals surface area (Å²) >= 11 is 0. The van der Waals surface area contributed by atoms with Crippen LogP contribution in [0, 0.1) is 0 Å². The number of rotatable bonds is 6. The molecule has 1 aliphatic rings. The van der Waals surface area contributed by atoms with Crippen LogP contribution in [0.5, 0.6) is 5.75 Å². The maximum absolute atomic E-state index is 6.02. The highest BCUT2D eigenvalue weighted by Gasteiger charge is 2.40. The summed E-state index contributed by atoms with van der Waals surface area (Å²) in [6, 6.07) is 8.69. The Balaban J connectivity index is 1.94. The lowest BCUT2D eigenvalue weighted by molar-refractivity contribution is 0.0964. The van der Waals surface area contributed by atoms with Gasteiger partial charge in [0.2, 0.25) is 0 Å². The van der Waals surface area contributed by atoms with Crippen molar-refractivity contribution >= 4 is 0 Å². The van der Waals surface area contributed by atoms with Crippen LogP contribution in [0.3, 0.4) is 0 Å². The van der Waals surface area contributed by atoms with Gasteiger partial charge in [-0.15, -0.1) is 0 Å². The first-order chi connectivity index (χ1) is 8.65. The van der Waals surface area contributed by atoms with E-state index in [1.165, 1.54) is 31.2 Å². The van der Waals surface area contributed by atoms with E-state index >= 15 is 0 Å². The second kappa shape index (κ2) is 5.75. The van der Waals surface area contributed by atoms with Gasteiger partial charge in [-0.2, -0.15) is 0 Å². The molecule has 1 aromatic carbocycles. The summed E-state index contributed by atoms with van der Waals surface area (Å²) in [4.78, 5) is 0. The molecule has 0 saturated carbocycles. The number of fused-ring (bicyclic) bond motifs is 1. The molecule has 0 spiro atoms. The van der Waals surface area contributed by atoms with Gasteiger partial charge in [0.05, 0.1) is 6.04 Å². The quantitative estimate of drug-likeness (QED) is 0.765. The SMILES string of the molecule is CCCCCCNC1c2ccccc2OC1(C)C. The van der Waals surface area contributed by atoms with Crippen molar-refractivity contribution in [1.29, 1.82) is 0 Å². The lowest BCUT2D eigenvalue weighted by atomic mass is 9.94. The molecular weight excluding hydrogens is 222 g/mol. The third-order valence-corrected chi connectivity index (χ3v) is 3.68. The van der Waals surface area contributed by atoms with Gasteiger partial charge in [-0.3, -0.25) is 0 Å². The Morgan fingerprint density at radius 3 is 2.72 bits per heavy atom. The number of nitrogens with one attached hydrogen (secondary N) is 1. The number of unbranched alkanes of at least 4 members (excludes halogenated alkanes) is 3. The Bertz CT molecular complexity index is 386. The summed E-state index contributed by atoms with van der Waals surface area (Å²) in [5.74, 6) is 1.04. The Hall–Kier alpha value is -1.02. The van der Waals surface area contributed by atoms with Crippen molar-refractivity contribution in [2.24, 2.45) is 0 Å². The van der Waals surface area contributed by atoms with Gasteiger partial charge in [-0.25, -0.2) is 0 Å². The van der Waals surface area contributed by atoms with Crippen molar-refractivity contribution in [2.45, 2.75) is 58.1 Å². The van der Waals surface area contributed by atoms with Crippen LogP contribution < -0.4 is 10.1 Å². The molecule has 2 rings (SSSR count). The third-order valence-electron chi connectivity index (χ3n) is 3.68. The fourth-order valence-corrected chi connectivity index (χ4v) is 2.68. The molecule has 1 heterocycles. The smallest absolute Gasteiger partial charge is 0.125 e. The molecule has 2 nitrogen and oxygen atoms in total. The zero-order chi connectivity index (χ0) is 13.0. The van der Waals surface area contributed by atoms with Crippen LogP contribution in [0.25, 0.3) is 0 Å². The second-order valence-corrected chi connectivity index (χ2v) is 5.69. The molecule has 2 heteroatoms. The maximum Gasteiger partial charge on any atom is 0.125 e. The van der Waals surface area contributed by atoms with E-state index in [0.717, 1.165) is 12.3 Å². The van der Waals surface area contributed by atoms with E-state index in [1.54, 1.807) is 0 Å². The van der Waals surface area contributed by atoms with Gasteiger partial charge in [0.1, 0.15) is 11.4 Å². The lowest BCUT2D eigenvalue weighted by Crippen LogP contribution is -2.39. The van der Waals surface area contributed by atoms with Crippen LogP contribution in [-0.2, 0) is 0 Å². The standard InChI is InChI=1S/C16H25NO/c1-4-5-6-9-12-17-15-13-10-7-8-11-14(13)18-16(15,2)3/h7-8,10-11,15,17H,4-6,9,12H2,1-3H3. The number of ether oxygens (including phenoxy) is 1. The third kappa shape index (κ3) is 2.86. The minimum Gasteiger partial charge on any atom is -0.486 e. The first kappa shape index (κ1) is 13.4. The summed E-state index contributed by atoms with van der Waals surface area (Å²) in [5.41, 5.74) is 1.16. The molecule has 0 amide bonds. The molecule has 1 aromatic rings. The van der Waals surface area contributed by atoms with Crippen LogP contribution in [0.2, 0.25) is 0 Å². The average Bonchev–Trinajstić information content (AvgIpc) is 2.60. The normalized spacial score (nSPS) is 20.5. The zero-order valence-electron chi connectivity index (χ0n) is 11.8. The van der Waals surface area contributed by atoms with Crippen LogP contribution in [0.15, 0.2) is 24.3 Å². The highest BCUT2D eigenvalue weighted by atomic mass is 16.5. The van der Waals surface area contributed by atoms with Gasteiger partial charge in [-0.1, -0.05) is 44.4 Å². The summed E-state index contributed by atoms with van der Waals surface area (Å²) in [7, 11) is 0. The highest BCUT2D eigenvalue weighted by Crippen LogP contribution is 2.42. The van der Waals surface area contributed by atoms with Crippen molar-refractivity contribution < 1.29 is 4.74 Å². The van der Waals surface area contributed by atoms with Gasteiger partial charge in [0.15, 0.2) is 0 Å². The van der Waals surface area contributed by atoms with E-state index in [0.29, 0.717) is 6.04 Å². The monoisotopic (exact) mass is 247 g/mol. The molecule has 0 radical (unpaired) electrons. The van der Waals surface area contributed by atoms with Gasteiger partial charge >= 0.3 is 0 Å². The summed E-state index contributed by atoms with van der Waals surface area (Å²) in [6.45, 7) is 7.65. The number of benzene rings is 1. The Morgan fingerprint density at radius 2 is 1.94 bits per heavy atom. The molecule has 18 heavy (non-hydrogen) atoms. The summed E-state index contributed by atoms with van der Waals surface area (Å²) < 4.78 is 6.02. The molecule has 1 unspecified atom stereocenters. The molecule has 100 valence electrons. The summed E-state index contributed by atoms with van der Waals surface area (Å²) in [6.07, 6.45) is 5.20. The molecule has 0 aliphatic carbocycles. The van der Waals surface area contributed by atoms with Crippen molar-refractivity contribution in [1.82, 2.24) is 5.32 Å². The van der Waals surface area contributed by atoms with Crippen LogP contribution in [0.1, 0.15) is 58.1 Å². The zero-order valence-corrected chi connectivity index (χ0v) is 11.8. The van der Waals surface area contributed by atoms with Gasteiger partial charge in [0, 0.05) is 5.56 Å². The number of hydrogen-bond donors (Lipinski definition) is 1. The molecule has 1 N–H and O–H groups in total. The van der Waals surface area contributed by atoms with Crippen molar-refractivity contribution in [3.05, 3.63) is 29.8 Å². The van der Waals surface area contributed by atoms with E-state index < -0.39 is 0 Å². The molecule has 0 aromatic heterocycles. The van der Waals surface area contributed by atoms with Gasteiger partial charge < -0.3 is 10.1 Å². The van der Waals surface area contributed by atoms with Crippen molar-refractivity contribution in [3.63, 3.8) is 0 Å². The van der Waals surface area contributed by atoms with E-state index in [4.69, 9.17) is 4.74 Å². The Morgan fingerprint density at radius 1 is 1.17 bits per heavy atom. The largest absolute Gasteiger partial charge is 0.486 e. The van der Waals surface area contributed by atoms with Crippen LogP contribution in [-0.4, -0.2) is 12.1 Å². The fraction of sp³-hybridized carbons (Fsp3) is 0.625. The number of hydrogen-bond acceptors (Lipinski definition) is 2. The Labute approximate surface area is 111 Å². The predicted octanol–water partition coefficient (Wildman–Crippen LogP) is 4.07. The first-order valence-electron chi connectivity index (χ1n) is 7.16. The first-order valence-corrected chi connectivity index (χ1v) is 7.16. The molecule has 1 atom stereocenters. The van der Waals surface area contributed by atoms with Crippen LogP contribution in [0.4, 0.5) is 0 Å². The van der Waals surface area contributed by atoms with Crippen molar-refractivity contribution in [2.75, 3.05) is 6.54 Å².